The van der Waals surface area contributed by atoms with Crippen molar-refractivity contribution in [2.75, 3.05) is 40.4 Å². The number of carbonyl (C=O) groups is 1. The van der Waals surface area contributed by atoms with Crippen molar-refractivity contribution >= 4 is 5.91 Å². The third kappa shape index (κ3) is 4.20. The summed E-state index contributed by atoms with van der Waals surface area (Å²) in [6, 6.07) is 3.49. The van der Waals surface area contributed by atoms with Gasteiger partial charge < -0.3 is 24.3 Å². The molecule has 140 valence electrons. The highest BCUT2D eigenvalue weighted by atomic mass is 16.5. The topological polar surface area (TPSA) is 83.6 Å². The van der Waals surface area contributed by atoms with E-state index < -0.39 is 0 Å². The molecule has 1 amide bonds. The number of nitrogens with zero attached hydrogens (tertiary/aromatic N) is 4. The van der Waals surface area contributed by atoms with Crippen LogP contribution in [0, 0.1) is 0 Å². The Labute approximate surface area is 153 Å². The molecule has 0 spiro atoms. The molecule has 0 saturated carbocycles. The van der Waals surface area contributed by atoms with E-state index in [2.05, 4.69) is 19.9 Å². The van der Waals surface area contributed by atoms with E-state index in [9.17, 15) is 4.79 Å². The molecule has 8 nitrogen and oxygen atoms in total. The summed E-state index contributed by atoms with van der Waals surface area (Å²) in [5.74, 6) is 1.01. The smallest absolute Gasteiger partial charge is 0.259 e. The molecule has 1 fully saturated rings. The third-order valence-corrected chi connectivity index (χ3v) is 4.08. The maximum Gasteiger partial charge on any atom is 0.259 e. The van der Waals surface area contributed by atoms with Crippen LogP contribution in [0.3, 0.4) is 0 Å². The van der Waals surface area contributed by atoms with Gasteiger partial charge in [0.25, 0.3) is 5.91 Å². The van der Waals surface area contributed by atoms with Gasteiger partial charge in [0.15, 0.2) is 0 Å². The van der Waals surface area contributed by atoms with Gasteiger partial charge in [-0.3, -0.25) is 4.79 Å². The van der Waals surface area contributed by atoms with Crippen LogP contribution < -0.4 is 4.74 Å². The Morgan fingerprint density at radius 3 is 3.08 bits per heavy atom. The van der Waals surface area contributed by atoms with Gasteiger partial charge in [-0.1, -0.05) is 0 Å². The number of hydrogen-bond donors (Lipinski definition) is 1. The first-order chi connectivity index (χ1) is 12.6. The van der Waals surface area contributed by atoms with Crippen LogP contribution in [-0.2, 0) is 11.3 Å². The van der Waals surface area contributed by atoms with Crippen molar-refractivity contribution in [3.05, 3.63) is 41.6 Å². The summed E-state index contributed by atoms with van der Waals surface area (Å²) in [5.41, 5.74) is 1.49. The Kier molecular flexibility index (Phi) is 5.85. The standard InChI is InChI=1S/C18H25N5O3/c1-4-25-17-14(6-5-7-19-17)18(24)23-8-9-26-15(12-23)16-20-10-13(21-16)11-22(2)3/h5-7,10,15H,4,8-9,11-12H2,1-3H3,(H,20,21). The van der Waals surface area contributed by atoms with Crippen LogP contribution in [0.1, 0.15) is 34.9 Å². The van der Waals surface area contributed by atoms with Gasteiger partial charge >= 0.3 is 0 Å². The molecule has 1 N–H and O–H groups in total. The lowest BCUT2D eigenvalue weighted by Crippen LogP contribution is -2.42. The molecule has 1 atom stereocenters. The van der Waals surface area contributed by atoms with Crippen molar-refractivity contribution in [2.24, 2.45) is 0 Å². The third-order valence-electron chi connectivity index (χ3n) is 4.08. The molecule has 2 aromatic heterocycles. The van der Waals surface area contributed by atoms with Crippen LogP contribution in [0.5, 0.6) is 5.88 Å². The summed E-state index contributed by atoms with van der Waals surface area (Å²) in [7, 11) is 4.00. The summed E-state index contributed by atoms with van der Waals surface area (Å²) >= 11 is 0. The number of H-pyrrole nitrogens is 1. The second kappa shape index (κ2) is 8.29. The lowest BCUT2D eigenvalue weighted by Gasteiger charge is -2.32. The molecule has 0 bridgehead atoms. The second-order valence-electron chi connectivity index (χ2n) is 6.43. The van der Waals surface area contributed by atoms with Crippen LogP contribution >= 0.6 is 0 Å². The predicted octanol–water partition coefficient (Wildman–Crippen LogP) is 1.48. The molecule has 26 heavy (non-hydrogen) atoms. The van der Waals surface area contributed by atoms with Gasteiger partial charge in [-0.2, -0.15) is 0 Å². The zero-order chi connectivity index (χ0) is 18.5. The summed E-state index contributed by atoms with van der Waals surface area (Å²) in [5, 5.41) is 0. The molecule has 0 radical (unpaired) electrons. The zero-order valence-electron chi connectivity index (χ0n) is 15.4. The average Bonchev–Trinajstić information content (AvgIpc) is 3.10. The summed E-state index contributed by atoms with van der Waals surface area (Å²) < 4.78 is 11.3. The maximum absolute atomic E-state index is 12.9. The Morgan fingerprint density at radius 2 is 2.31 bits per heavy atom. The van der Waals surface area contributed by atoms with Crippen molar-refractivity contribution in [2.45, 2.75) is 19.6 Å². The number of rotatable bonds is 6. The van der Waals surface area contributed by atoms with Gasteiger partial charge in [-0.05, 0) is 33.2 Å². The van der Waals surface area contributed by atoms with E-state index in [4.69, 9.17) is 9.47 Å². The van der Waals surface area contributed by atoms with Crippen molar-refractivity contribution < 1.29 is 14.3 Å². The summed E-state index contributed by atoms with van der Waals surface area (Å²) in [4.78, 5) is 28.6. The number of pyridine rings is 1. The first-order valence-corrected chi connectivity index (χ1v) is 8.75. The minimum atomic E-state index is -0.268. The molecule has 1 saturated heterocycles. The first kappa shape index (κ1) is 18.3. The molecular weight excluding hydrogens is 334 g/mol. The van der Waals surface area contributed by atoms with E-state index >= 15 is 0 Å². The Balaban J connectivity index is 1.72. The van der Waals surface area contributed by atoms with Crippen molar-refractivity contribution in [1.82, 2.24) is 24.8 Å². The number of ether oxygens (including phenoxy) is 2. The maximum atomic E-state index is 12.9. The first-order valence-electron chi connectivity index (χ1n) is 8.75. The van der Waals surface area contributed by atoms with E-state index in [0.717, 1.165) is 18.1 Å². The molecule has 1 unspecified atom stereocenters. The van der Waals surface area contributed by atoms with E-state index in [1.807, 2.05) is 27.2 Å². The van der Waals surface area contributed by atoms with Gasteiger partial charge in [0.1, 0.15) is 17.5 Å². The van der Waals surface area contributed by atoms with E-state index in [1.165, 1.54) is 0 Å². The number of carbonyl (C=O) groups excluding carboxylic acids is 1. The van der Waals surface area contributed by atoms with E-state index in [-0.39, 0.29) is 12.0 Å². The monoisotopic (exact) mass is 359 g/mol. The fourth-order valence-electron chi connectivity index (χ4n) is 2.94. The number of imidazole rings is 1. The lowest BCUT2D eigenvalue weighted by molar-refractivity contribution is -0.0266. The molecular formula is C18H25N5O3. The Morgan fingerprint density at radius 1 is 1.46 bits per heavy atom. The minimum absolute atomic E-state index is 0.102. The molecule has 1 aliphatic rings. The molecule has 8 heteroatoms. The molecule has 2 aromatic rings. The van der Waals surface area contributed by atoms with Crippen LogP contribution in [0.15, 0.2) is 24.5 Å². The summed E-state index contributed by atoms with van der Waals surface area (Å²) in [6.07, 6.45) is 3.17. The van der Waals surface area contributed by atoms with Crippen LogP contribution in [-0.4, -0.2) is 71.1 Å². The van der Waals surface area contributed by atoms with Crippen molar-refractivity contribution in [3.8, 4) is 5.88 Å². The second-order valence-corrected chi connectivity index (χ2v) is 6.43. The van der Waals surface area contributed by atoms with Crippen molar-refractivity contribution in [3.63, 3.8) is 0 Å². The van der Waals surface area contributed by atoms with Crippen molar-refractivity contribution in [1.29, 1.82) is 0 Å². The zero-order valence-corrected chi connectivity index (χ0v) is 15.4. The number of nitrogens with one attached hydrogen (secondary N) is 1. The van der Waals surface area contributed by atoms with Gasteiger partial charge in [-0.25, -0.2) is 9.97 Å². The van der Waals surface area contributed by atoms with Gasteiger partial charge in [0, 0.05) is 31.2 Å². The number of amides is 1. The molecule has 0 aliphatic carbocycles. The summed E-state index contributed by atoms with van der Waals surface area (Å²) in [6.45, 7) is 4.54. The quantitative estimate of drug-likeness (QED) is 0.841. The molecule has 1 aliphatic heterocycles. The van der Waals surface area contributed by atoms with Gasteiger partial charge in [0.2, 0.25) is 5.88 Å². The van der Waals surface area contributed by atoms with E-state index in [1.54, 1.807) is 23.2 Å². The fourth-order valence-corrected chi connectivity index (χ4v) is 2.94. The molecule has 0 aromatic carbocycles. The SMILES string of the molecule is CCOc1ncccc1C(=O)N1CCOC(c2ncc(CN(C)C)[nH]2)C1. The Hall–Kier alpha value is -2.45. The number of morpholine rings is 1. The Bertz CT molecular complexity index is 746. The van der Waals surface area contributed by atoms with E-state index in [0.29, 0.717) is 37.7 Å². The largest absolute Gasteiger partial charge is 0.477 e. The number of hydrogen-bond acceptors (Lipinski definition) is 6. The highest BCUT2D eigenvalue weighted by Gasteiger charge is 2.29. The highest BCUT2D eigenvalue weighted by Crippen LogP contribution is 2.23. The molecule has 3 rings (SSSR count). The number of aromatic amines is 1. The normalized spacial score (nSPS) is 17.5. The lowest BCUT2D eigenvalue weighted by atomic mass is 10.2. The minimum Gasteiger partial charge on any atom is -0.477 e. The van der Waals surface area contributed by atoms with Gasteiger partial charge in [0.05, 0.1) is 19.8 Å². The highest BCUT2D eigenvalue weighted by molar-refractivity contribution is 5.96. The van der Waals surface area contributed by atoms with Gasteiger partial charge in [-0.15, -0.1) is 0 Å². The molecule has 3 heterocycles. The fraction of sp³-hybridized carbons (Fsp3) is 0.500. The van der Waals surface area contributed by atoms with Crippen LogP contribution in [0.4, 0.5) is 0 Å². The average molecular weight is 359 g/mol. The van der Waals surface area contributed by atoms with Crippen LogP contribution in [0.2, 0.25) is 0 Å². The van der Waals surface area contributed by atoms with Crippen LogP contribution in [0.25, 0.3) is 0 Å². The predicted molar refractivity (Wildman–Crippen MR) is 96.0 cm³/mol. The number of aromatic nitrogens is 3.